The van der Waals surface area contributed by atoms with Crippen LogP contribution in [0, 0.1) is 13.8 Å². The first-order valence-electron chi connectivity index (χ1n) is 15.9. The molecule has 3 heterocycles. The molecule has 1 saturated heterocycles. The number of amides is 1. The van der Waals surface area contributed by atoms with Crippen LogP contribution in [0.25, 0.3) is 0 Å². The molecule has 0 saturated carbocycles. The molecule has 0 spiro atoms. The molecule has 2 aromatic rings. The standard InChI is InChI=1S/C35H53N3O3Si/c1-9-38(29-18-21-40-22-19-29)33-17-13-16-31-30(33)15-12-10-11-14-28-24-26(2)36-27(3)32(28)25-37(34(31)39)20-23-41-42(7,8)35(4,5)6/h10,12-13,16-17,24,29H,9,11,14-15,18-23,25H2,1-8H3/b12-10+. The van der Waals surface area contributed by atoms with E-state index in [0.717, 1.165) is 74.4 Å². The van der Waals surface area contributed by atoms with Crippen LogP contribution in [0.15, 0.2) is 36.4 Å². The van der Waals surface area contributed by atoms with Crippen LogP contribution in [0.5, 0.6) is 0 Å². The Morgan fingerprint density at radius 1 is 1.12 bits per heavy atom. The van der Waals surface area contributed by atoms with Gasteiger partial charge in [0.05, 0.1) is 6.61 Å². The summed E-state index contributed by atoms with van der Waals surface area (Å²) in [6.45, 7) is 21.8. The van der Waals surface area contributed by atoms with Gasteiger partial charge >= 0.3 is 0 Å². The summed E-state index contributed by atoms with van der Waals surface area (Å²) in [6.07, 6.45) is 9.23. The van der Waals surface area contributed by atoms with E-state index in [0.29, 0.717) is 25.7 Å². The Morgan fingerprint density at radius 3 is 2.55 bits per heavy atom. The van der Waals surface area contributed by atoms with Crippen molar-refractivity contribution >= 4 is 19.9 Å². The zero-order chi connectivity index (χ0) is 30.5. The van der Waals surface area contributed by atoms with Gasteiger partial charge in [0, 0.05) is 61.5 Å². The van der Waals surface area contributed by atoms with Gasteiger partial charge in [-0.05, 0) is 106 Å². The highest BCUT2D eigenvalue weighted by molar-refractivity contribution is 6.74. The van der Waals surface area contributed by atoms with Crippen molar-refractivity contribution in [2.75, 3.05) is 37.8 Å². The molecule has 2 aliphatic heterocycles. The maximum absolute atomic E-state index is 14.6. The lowest BCUT2D eigenvalue weighted by Crippen LogP contribution is -2.43. The number of hydrogen-bond acceptors (Lipinski definition) is 5. The summed E-state index contributed by atoms with van der Waals surface area (Å²) in [5, 5.41) is 0.116. The van der Waals surface area contributed by atoms with E-state index in [9.17, 15) is 4.79 Å². The highest BCUT2D eigenvalue weighted by atomic mass is 28.4. The van der Waals surface area contributed by atoms with E-state index < -0.39 is 8.32 Å². The molecule has 7 heteroatoms. The predicted octanol–water partition coefficient (Wildman–Crippen LogP) is 7.41. The molecular weight excluding hydrogens is 538 g/mol. The third-order valence-corrected chi connectivity index (χ3v) is 14.1. The van der Waals surface area contributed by atoms with E-state index in [1.807, 2.05) is 11.0 Å². The van der Waals surface area contributed by atoms with Gasteiger partial charge in [-0.25, -0.2) is 0 Å². The number of aromatic nitrogens is 1. The van der Waals surface area contributed by atoms with Crippen LogP contribution < -0.4 is 4.90 Å². The number of benzene rings is 1. The van der Waals surface area contributed by atoms with Gasteiger partial charge in [-0.2, -0.15) is 0 Å². The number of rotatable bonds is 7. The quantitative estimate of drug-likeness (QED) is 0.248. The van der Waals surface area contributed by atoms with Crippen molar-refractivity contribution in [3.8, 4) is 0 Å². The van der Waals surface area contributed by atoms with Crippen molar-refractivity contribution < 1.29 is 14.0 Å². The summed E-state index contributed by atoms with van der Waals surface area (Å²) < 4.78 is 12.3. The smallest absolute Gasteiger partial charge is 0.254 e. The summed E-state index contributed by atoms with van der Waals surface area (Å²) in [5.41, 5.74) is 7.62. The van der Waals surface area contributed by atoms with Gasteiger partial charge in [-0.3, -0.25) is 9.78 Å². The minimum absolute atomic E-state index is 0.0774. The lowest BCUT2D eigenvalue weighted by atomic mass is 9.95. The van der Waals surface area contributed by atoms with Gasteiger partial charge in [-0.15, -0.1) is 0 Å². The van der Waals surface area contributed by atoms with Crippen LogP contribution >= 0.6 is 0 Å². The van der Waals surface area contributed by atoms with Crippen molar-refractivity contribution in [3.05, 3.63) is 70.1 Å². The number of nitrogens with zero attached hydrogens (tertiary/aromatic N) is 3. The number of carbonyl (C=O) groups excluding carboxylic acids is 1. The Labute approximate surface area is 255 Å². The van der Waals surface area contributed by atoms with E-state index in [1.165, 1.54) is 16.8 Å². The zero-order valence-corrected chi connectivity index (χ0v) is 28.4. The number of ether oxygens (including phenoxy) is 1. The molecule has 0 unspecified atom stereocenters. The van der Waals surface area contributed by atoms with E-state index in [1.54, 1.807) is 0 Å². The second kappa shape index (κ2) is 13.9. The molecular formula is C35H53N3O3Si. The van der Waals surface area contributed by atoms with Gasteiger partial charge < -0.3 is 19.0 Å². The molecule has 4 rings (SSSR count). The molecule has 0 atom stereocenters. The number of pyridine rings is 1. The van der Waals surface area contributed by atoms with Crippen LogP contribution in [-0.2, 0) is 28.5 Å². The minimum Gasteiger partial charge on any atom is -0.415 e. The van der Waals surface area contributed by atoms with E-state index >= 15 is 0 Å². The molecule has 42 heavy (non-hydrogen) atoms. The Balaban J connectivity index is 1.76. The average molecular weight is 592 g/mol. The van der Waals surface area contributed by atoms with Crippen molar-refractivity contribution in [1.82, 2.24) is 9.88 Å². The van der Waals surface area contributed by atoms with Gasteiger partial charge in [0.2, 0.25) is 0 Å². The van der Waals surface area contributed by atoms with Crippen LogP contribution in [0.1, 0.15) is 85.4 Å². The lowest BCUT2D eigenvalue weighted by molar-refractivity contribution is 0.0709. The maximum Gasteiger partial charge on any atom is 0.254 e. The molecule has 1 amide bonds. The Hall–Kier alpha value is -2.48. The Bertz CT molecular complexity index is 1260. The van der Waals surface area contributed by atoms with E-state index in [-0.39, 0.29) is 10.9 Å². The molecule has 230 valence electrons. The van der Waals surface area contributed by atoms with Crippen LogP contribution in [0.3, 0.4) is 0 Å². The fourth-order valence-electron chi connectivity index (χ4n) is 6.05. The number of aryl methyl sites for hydroxylation is 3. The molecule has 0 N–H and O–H groups in total. The molecule has 1 fully saturated rings. The highest BCUT2D eigenvalue weighted by Crippen LogP contribution is 2.37. The third kappa shape index (κ3) is 7.53. The van der Waals surface area contributed by atoms with Crippen LogP contribution in [0.4, 0.5) is 5.69 Å². The average Bonchev–Trinajstić information content (AvgIpc) is 2.93. The number of carbonyl (C=O) groups is 1. The normalized spacial score (nSPS) is 18.1. The lowest BCUT2D eigenvalue weighted by Gasteiger charge is -2.38. The number of allylic oxidation sites excluding steroid dienone is 2. The fourth-order valence-corrected chi connectivity index (χ4v) is 7.09. The van der Waals surface area contributed by atoms with E-state index in [4.69, 9.17) is 14.1 Å². The van der Waals surface area contributed by atoms with Crippen LogP contribution in [-0.4, -0.2) is 63.1 Å². The number of hydrogen-bond donors (Lipinski definition) is 0. The number of anilines is 1. The summed E-state index contributed by atoms with van der Waals surface area (Å²) >= 11 is 0. The molecule has 0 bridgehead atoms. The number of fused-ring (bicyclic) bond motifs is 2. The topological polar surface area (TPSA) is 54.9 Å². The second-order valence-corrected chi connectivity index (χ2v) is 18.3. The first-order valence-corrected chi connectivity index (χ1v) is 18.8. The first kappa shape index (κ1) is 32.4. The van der Waals surface area contributed by atoms with Gasteiger partial charge in [0.1, 0.15) is 0 Å². The van der Waals surface area contributed by atoms with E-state index in [2.05, 4.69) is 89.9 Å². The van der Waals surface area contributed by atoms with Crippen molar-refractivity contribution in [3.63, 3.8) is 0 Å². The Kier molecular flexibility index (Phi) is 10.7. The third-order valence-electron chi connectivity index (χ3n) is 9.55. The van der Waals surface area contributed by atoms with Crippen molar-refractivity contribution in [2.45, 2.75) is 104 Å². The summed E-state index contributed by atoms with van der Waals surface area (Å²) in [5.74, 6) is 0.0774. The minimum atomic E-state index is -1.95. The molecule has 1 aromatic heterocycles. The van der Waals surface area contributed by atoms with Crippen molar-refractivity contribution in [1.29, 1.82) is 0 Å². The van der Waals surface area contributed by atoms with Gasteiger partial charge in [0.15, 0.2) is 8.32 Å². The van der Waals surface area contributed by atoms with Gasteiger partial charge in [0.25, 0.3) is 5.91 Å². The second-order valence-electron chi connectivity index (χ2n) is 13.5. The largest absolute Gasteiger partial charge is 0.415 e. The van der Waals surface area contributed by atoms with Gasteiger partial charge in [-0.1, -0.05) is 39.0 Å². The molecule has 1 aromatic carbocycles. The van der Waals surface area contributed by atoms with Crippen molar-refractivity contribution in [2.24, 2.45) is 0 Å². The summed E-state index contributed by atoms with van der Waals surface area (Å²) in [6, 6.07) is 8.94. The SMILES string of the molecule is CCN(c1cccc2c1C/C=C/CCc1cc(C)nc(C)c1CN(CCO[Si](C)(C)C(C)(C)C)C2=O)C1CCOCC1. The monoisotopic (exact) mass is 591 g/mol. The first-order chi connectivity index (χ1) is 19.9. The fraction of sp³-hybridized carbons (Fsp3) is 0.600. The molecule has 0 aliphatic carbocycles. The molecule has 0 radical (unpaired) electrons. The Morgan fingerprint density at radius 2 is 1.86 bits per heavy atom. The summed E-state index contributed by atoms with van der Waals surface area (Å²) in [7, 11) is -1.95. The predicted molar refractivity (Wildman–Crippen MR) is 176 cm³/mol. The molecule has 2 aliphatic rings. The maximum atomic E-state index is 14.6. The highest BCUT2D eigenvalue weighted by Gasteiger charge is 2.37. The molecule has 6 nitrogen and oxygen atoms in total. The summed E-state index contributed by atoms with van der Waals surface area (Å²) in [4.78, 5) is 24.0. The zero-order valence-electron chi connectivity index (χ0n) is 27.4. The van der Waals surface area contributed by atoms with Crippen LogP contribution in [0.2, 0.25) is 18.1 Å².